The number of piperidine rings is 1. The van der Waals surface area contributed by atoms with Crippen LogP contribution in [0.15, 0.2) is 46.9 Å². The quantitative estimate of drug-likeness (QED) is 0.504. The number of carbonyl (C=O) groups excluding carboxylic acids is 2. The fraction of sp³-hybridized carbons (Fsp3) is 0.448. The number of benzene rings is 2. The molecule has 2 fully saturated rings. The van der Waals surface area contributed by atoms with Crippen molar-refractivity contribution in [2.75, 3.05) is 63.1 Å². The van der Waals surface area contributed by atoms with Gasteiger partial charge in [-0.05, 0) is 56.1 Å². The molecule has 1 N–H and O–H groups in total. The number of amides is 3. The molecule has 6 rings (SSSR count). The second kappa shape index (κ2) is 11.5. The number of hydrogen-bond acceptors (Lipinski definition) is 7. The molecule has 0 unspecified atom stereocenters. The standard InChI is InChI=1S/C29H34ClN7O3/c1-34-12-14-35(15-13-34)24-17-21(16-22(30)18-24)28-33-32-26(40-28)19-27(38)36-9-7-23(8-10-36)37-11-6-20-4-2-3-5-25(20)31-29(37)39/h2-5,16-18,23H,6-15,19H2,1H3,(H,31,39). The Bertz CT molecular complexity index is 1380. The van der Waals surface area contributed by atoms with Gasteiger partial charge in [-0.3, -0.25) is 4.79 Å². The number of likely N-dealkylation sites (tertiary alicyclic amines) is 1. The number of piperazine rings is 1. The third kappa shape index (κ3) is 5.78. The molecule has 3 aliphatic rings. The molecular weight excluding hydrogens is 530 g/mol. The molecule has 0 saturated carbocycles. The number of para-hydroxylation sites is 1. The predicted octanol–water partition coefficient (Wildman–Crippen LogP) is 3.77. The Morgan fingerprint density at radius 2 is 1.80 bits per heavy atom. The first-order valence-electron chi connectivity index (χ1n) is 13.9. The lowest BCUT2D eigenvalue weighted by Crippen LogP contribution is -2.50. The van der Waals surface area contributed by atoms with Crippen molar-refractivity contribution in [3.8, 4) is 11.5 Å². The molecular formula is C29H34ClN7O3. The van der Waals surface area contributed by atoms with Gasteiger partial charge in [0.25, 0.3) is 0 Å². The summed E-state index contributed by atoms with van der Waals surface area (Å²) in [4.78, 5) is 34.3. The van der Waals surface area contributed by atoms with Crippen molar-refractivity contribution >= 4 is 34.9 Å². The van der Waals surface area contributed by atoms with Crippen molar-refractivity contribution in [3.05, 3.63) is 58.9 Å². The third-order valence-electron chi connectivity index (χ3n) is 8.17. The molecule has 40 heavy (non-hydrogen) atoms. The molecule has 10 nitrogen and oxygen atoms in total. The first-order chi connectivity index (χ1) is 19.4. The van der Waals surface area contributed by atoms with Crippen LogP contribution in [0.1, 0.15) is 24.3 Å². The van der Waals surface area contributed by atoms with Crippen molar-refractivity contribution in [2.45, 2.75) is 31.7 Å². The number of anilines is 2. The number of hydrogen-bond donors (Lipinski definition) is 1. The van der Waals surface area contributed by atoms with E-state index in [1.54, 1.807) is 0 Å². The van der Waals surface area contributed by atoms with Crippen molar-refractivity contribution in [2.24, 2.45) is 0 Å². The second-order valence-corrected chi connectivity index (χ2v) is 11.2. The van der Waals surface area contributed by atoms with Crippen LogP contribution < -0.4 is 10.2 Å². The highest BCUT2D eigenvalue weighted by Gasteiger charge is 2.31. The molecule has 11 heteroatoms. The molecule has 3 aliphatic heterocycles. The van der Waals surface area contributed by atoms with Crippen molar-refractivity contribution in [1.29, 1.82) is 0 Å². The Balaban J connectivity index is 1.05. The first kappa shape index (κ1) is 26.6. The van der Waals surface area contributed by atoms with Gasteiger partial charge in [0.1, 0.15) is 6.42 Å². The number of likely N-dealkylation sites (N-methyl/N-ethyl adjacent to an activating group) is 1. The van der Waals surface area contributed by atoms with E-state index in [0.717, 1.165) is 67.9 Å². The lowest BCUT2D eigenvalue weighted by molar-refractivity contribution is -0.132. The number of nitrogens with zero attached hydrogens (tertiary/aromatic N) is 6. The van der Waals surface area contributed by atoms with Crippen LogP contribution in [-0.4, -0.2) is 95.7 Å². The summed E-state index contributed by atoms with van der Waals surface area (Å²) in [6, 6.07) is 13.7. The molecule has 4 heterocycles. The zero-order valence-electron chi connectivity index (χ0n) is 22.7. The molecule has 2 aromatic carbocycles. The minimum absolute atomic E-state index is 0.0447. The van der Waals surface area contributed by atoms with Crippen LogP contribution in [0, 0.1) is 0 Å². The average Bonchev–Trinajstić information content (AvgIpc) is 3.35. The van der Waals surface area contributed by atoms with Crippen LogP contribution in [0.5, 0.6) is 0 Å². The average molecular weight is 564 g/mol. The Morgan fingerprint density at radius 3 is 2.60 bits per heavy atom. The van der Waals surface area contributed by atoms with E-state index in [1.807, 2.05) is 46.2 Å². The van der Waals surface area contributed by atoms with Gasteiger partial charge in [-0.15, -0.1) is 10.2 Å². The monoisotopic (exact) mass is 563 g/mol. The predicted molar refractivity (Wildman–Crippen MR) is 154 cm³/mol. The number of carbonyl (C=O) groups is 2. The molecule has 2 saturated heterocycles. The molecule has 0 radical (unpaired) electrons. The Labute approximate surface area is 238 Å². The van der Waals surface area contributed by atoms with Gasteiger partial charge in [-0.2, -0.15) is 0 Å². The van der Waals surface area contributed by atoms with Crippen LogP contribution in [0.2, 0.25) is 5.02 Å². The summed E-state index contributed by atoms with van der Waals surface area (Å²) in [5, 5.41) is 12.0. The molecule has 0 spiro atoms. The minimum atomic E-state index is -0.0649. The van der Waals surface area contributed by atoms with E-state index in [1.165, 1.54) is 0 Å². The molecule has 0 bridgehead atoms. The lowest BCUT2D eigenvalue weighted by Gasteiger charge is -2.37. The normalized spacial score (nSPS) is 18.9. The summed E-state index contributed by atoms with van der Waals surface area (Å²) < 4.78 is 5.90. The van der Waals surface area contributed by atoms with E-state index in [-0.39, 0.29) is 30.3 Å². The fourth-order valence-electron chi connectivity index (χ4n) is 5.79. The molecule has 0 aliphatic carbocycles. The molecule has 3 aromatic rings. The van der Waals surface area contributed by atoms with Gasteiger partial charge in [0.15, 0.2) is 0 Å². The largest absolute Gasteiger partial charge is 0.420 e. The number of aromatic nitrogens is 2. The zero-order chi connectivity index (χ0) is 27.6. The van der Waals surface area contributed by atoms with Crippen LogP contribution in [0.25, 0.3) is 11.5 Å². The number of nitrogens with one attached hydrogen (secondary N) is 1. The van der Waals surface area contributed by atoms with E-state index in [0.29, 0.717) is 30.5 Å². The molecule has 3 amide bonds. The summed E-state index contributed by atoms with van der Waals surface area (Å²) in [7, 11) is 2.12. The zero-order valence-corrected chi connectivity index (χ0v) is 23.4. The lowest BCUT2D eigenvalue weighted by atomic mass is 10.0. The smallest absolute Gasteiger partial charge is 0.322 e. The van der Waals surface area contributed by atoms with Crippen LogP contribution in [-0.2, 0) is 17.6 Å². The van der Waals surface area contributed by atoms with E-state index in [9.17, 15) is 9.59 Å². The molecule has 1 aromatic heterocycles. The van der Waals surface area contributed by atoms with E-state index < -0.39 is 0 Å². The maximum atomic E-state index is 13.1. The van der Waals surface area contributed by atoms with E-state index in [4.69, 9.17) is 16.0 Å². The fourth-order valence-corrected chi connectivity index (χ4v) is 6.02. The SMILES string of the molecule is CN1CCN(c2cc(Cl)cc(-c3nnc(CC(=O)N4CCC(N5CCc6ccccc6NC5=O)CC4)o3)c2)CC1. The highest BCUT2D eigenvalue weighted by atomic mass is 35.5. The molecule has 210 valence electrons. The van der Waals surface area contributed by atoms with Gasteiger partial charge in [-0.25, -0.2) is 4.79 Å². The Kier molecular flexibility index (Phi) is 7.62. The number of fused-ring (bicyclic) bond motifs is 1. The third-order valence-corrected chi connectivity index (χ3v) is 8.39. The number of rotatable bonds is 5. The van der Waals surface area contributed by atoms with Gasteiger partial charge < -0.3 is 29.3 Å². The topological polar surface area (TPSA) is 98.0 Å². The summed E-state index contributed by atoms with van der Waals surface area (Å²) in [5.74, 6) is 0.589. The van der Waals surface area contributed by atoms with Gasteiger partial charge in [0, 0.05) is 73.8 Å². The number of halogens is 1. The highest BCUT2D eigenvalue weighted by Crippen LogP contribution is 2.30. The number of urea groups is 1. The molecule has 0 atom stereocenters. The Morgan fingerprint density at radius 1 is 1.02 bits per heavy atom. The Hall–Kier alpha value is -3.63. The van der Waals surface area contributed by atoms with Crippen molar-refractivity contribution in [3.63, 3.8) is 0 Å². The van der Waals surface area contributed by atoms with Gasteiger partial charge in [0.05, 0.1) is 0 Å². The maximum Gasteiger partial charge on any atom is 0.322 e. The van der Waals surface area contributed by atoms with Crippen molar-refractivity contribution < 1.29 is 14.0 Å². The highest BCUT2D eigenvalue weighted by molar-refractivity contribution is 6.31. The van der Waals surface area contributed by atoms with Gasteiger partial charge in [0.2, 0.25) is 17.7 Å². The summed E-state index contributed by atoms with van der Waals surface area (Å²) in [6.07, 6.45) is 2.34. The van der Waals surface area contributed by atoms with Crippen molar-refractivity contribution in [1.82, 2.24) is 24.9 Å². The maximum absolute atomic E-state index is 13.1. The van der Waals surface area contributed by atoms with Crippen LogP contribution >= 0.6 is 11.6 Å². The van der Waals surface area contributed by atoms with E-state index in [2.05, 4.69) is 38.4 Å². The first-order valence-corrected chi connectivity index (χ1v) is 14.3. The summed E-state index contributed by atoms with van der Waals surface area (Å²) in [5.41, 5.74) is 3.80. The summed E-state index contributed by atoms with van der Waals surface area (Å²) >= 11 is 6.43. The van der Waals surface area contributed by atoms with E-state index >= 15 is 0 Å². The second-order valence-electron chi connectivity index (χ2n) is 10.8. The summed E-state index contributed by atoms with van der Waals surface area (Å²) in [6.45, 7) is 5.68. The van der Waals surface area contributed by atoms with Crippen LogP contribution in [0.4, 0.5) is 16.2 Å². The van der Waals surface area contributed by atoms with Gasteiger partial charge >= 0.3 is 6.03 Å². The van der Waals surface area contributed by atoms with Gasteiger partial charge in [-0.1, -0.05) is 29.8 Å². The van der Waals surface area contributed by atoms with Crippen LogP contribution in [0.3, 0.4) is 0 Å². The minimum Gasteiger partial charge on any atom is -0.420 e.